The van der Waals surface area contributed by atoms with Crippen LogP contribution in [0.15, 0.2) is 0 Å². The van der Waals surface area contributed by atoms with Crippen LogP contribution >= 0.6 is 0 Å². The predicted molar refractivity (Wildman–Crippen MR) is 127 cm³/mol. The smallest absolute Gasteiger partial charge is 0.245 e. The van der Waals surface area contributed by atoms with E-state index in [1.165, 1.54) is 5.48 Å². The normalized spacial score (nSPS) is 14.5. The number of hydrogen-bond donors (Lipinski definition) is 8. The molecule has 5 amide bonds. The fourth-order valence-corrected chi connectivity index (χ4v) is 3.43. The minimum atomic E-state index is -1.39. The number of hydroxylamine groups is 1. The van der Waals surface area contributed by atoms with Crippen molar-refractivity contribution in [1.29, 1.82) is 0 Å². The van der Waals surface area contributed by atoms with Gasteiger partial charge >= 0.3 is 0 Å². The number of hydrogen-bond acceptors (Lipinski definition) is 8. The Morgan fingerprint density at radius 2 is 1.46 bits per heavy atom. The Balaban J connectivity index is 5.36. The van der Waals surface area contributed by atoms with Crippen molar-refractivity contribution in [3.05, 3.63) is 0 Å². The van der Waals surface area contributed by atoms with Crippen LogP contribution < -0.4 is 32.9 Å². The molecule has 10 N–H and O–H groups in total. The van der Waals surface area contributed by atoms with Crippen molar-refractivity contribution in [2.75, 3.05) is 13.2 Å². The molecular weight excluding hydrogens is 460 g/mol. The highest BCUT2D eigenvalue weighted by molar-refractivity contribution is 5.94. The van der Waals surface area contributed by atoms with Gasteiger partial charge in [-0.15, -0.1) is 0 Å². The zero-order valence-corrected chi connectivity index (χ0v) is 21.0. The molecule has 35 heavy (non-hydrogen) atoms. The van der Waals surface area contributed by atoms with E-state index in [4.69, 9.17) is 16.7 Å². The van der Waals surface area contributed by atoms with Crippen molar-refractivity contribution < 1.29 is 34.3 Å². The van der Waals surface area contributed by atoms with E-state index in [1.807, 2.05) is 13.8 Å². The summed E-state index contributed by atoms with van der Waals surface area (Å²) in [5, 5.41) is 25.9. The Hall–Kier alpha value is -2.77. The summed E-state index contributed by atoms with van der Waals surface area (Å²) in [6.07, 6.45) is 1.51. The van der Waals surface area contributed by atoms with Crippen LogP contribution in [0, 0.1) is 17.8 Å². The van der Waals surface area contributed by atoms with Gasteiger partial charge in [0.05, 0.1) is 6.61 Å². The van der Waals surface area contributed by atoms with Gasteiger partial charge in [-0.05, 0) is 44.1 Å². The lowest BCUT2D eigenvalue weighted by molar-refractivity contribution is -0.138. The summed E-state index contributed by atoms with van der Waals surface area (Å²) >= 11 is 0. The van der Waals surface area contributed by atoms with Crippen molar-refractivity contribution in [3.63, 3.8) is 0 Å². The zero-order valence-electron chi connectivity index (χ0n) is 21.0. The standard InChI is InChI=1S/C22H42N6O7/c1-12(2)9-14(10-17(30)28-35)20(32)27-18(13(3)4)22(34)26-16(11-29)21(33)25-15(19(24)31)7-5-6-8-23/h12-16,18,29,35H,5-11,23H2,1-4H3,(H2,24,31)(H,25,33)(H,26,34)(H,27,32)(H,28,30)/t14-,15+,16+,18+/m1/s1. The number of primary amides is 1. The number of carbonyl (C=O) groups is 5. The Labute approximate surface area is 206 Å². The fraction of sp³-hybridized carbons (Fsp3) is 0.773. The molecule has 0 fully saturated rings. The molecule has 202 valence electrons. The van der Waals surface area contributed by atoms with E-state index in [9.17, 15) is 29.1 Å². The summed E-state index contributed by atoms with van der Waals surface area (Å²) in [6, 6.07) is -3.45. The van der Waals surface area contributed by atoms with Gasteiger partial charge < -0.3 is 32.5 Å². The Bertz CT molecular complexity index is 716. The second-order valence-electron chi connectivity index (χ2n) is 9.29. The molecule has 0 aliphatic heterocycles. The summed E-state index contributed by atoms with van der Waals surface area (Å²) in [5.74, 6) is -4.71. The molecule has 0 aromatic heterocycles. The molecule has 0 aromatic carbocycles. The average molecular weight is 503 g/mol. The van der Waals surface area contributed by atoms with Gasteiger partial charge in [-0.2, -0.15) is 0 Å². The number of nitrogens with one attached hydrogen (secondary N) is 4. The minimum absolute atomic E-state index is 0.0640. The van der Waals surface area contributed by atoms with Gasteiger partial charge in [0.15, 0.2) is 0 Å². The molecule has 13 nitrogen and oxygen atoms in total. The van der Waals surface area contributed by atoms with Gasteiger partial charge in [-0.25, -0.2) is 5.48 Å². The number of carbonyl (C=O) groups excluding carboxylic acids is 5. The molecule has 13 heteroatoms. The molecule has 0 aromatic rings. The van der Waals surface area contributed by atoms with Crippen LogP contribution in [0.4, 0.5) is 0 Å². The highest BCUT2D eigenvalue weighted by atomic mass is 16.5. The molecule has 0 radical (unpaired) electrons. The van der Waals surface area contributed by atoms with E-state index in [1.54, 1.807) is 13.8 Å². The van der Waals surface area contributed by atoms with Crippen molar-refractivity contribution >= 4 is 29.5 Å². The molecule has 0 unspecified atom stereocenters. The van der Waals surface area contributed by atoms with Crippen molar-refractivity contribution in [3.8, 4) is 0 Å². The summed E-state index contributed by atoms with van der Waals surface area (Å²) in [4.78, 5) is 61.6. The molecule has 0 bridgehead atoms. The first-order valence-electron chi connectivity index (χ1n) is 11.8. The number of aliphatic hydroxyl groups excluding tert-OH is 1. The zero-order chi connectivity index (χ0) is 27.1. The number of rotatable bonds is 17. The largest absolute Gasteiger partial charge is 0.394 e. The van der Waals surface area contributed by atoms with Gasteiger partial charge in [-0.1, -0.05) is 27.7 Å². The van der Waals surface area contributed by atoms with Crippen LogP contribution in [0.5, 0.6) is 0 Å². The van der Waals surface area contributed by atoms with E-state index in [0.29, 0.717) is 25.8 Å². The van der Waals surface area contributed by atoms with E-state index < -0.39 is 66.1 Å². The molecule has 4 atom stereocenters. The topological polar surface area (TPSA) is 226 Å². The first-order valence-corrected chi connectivity index (χ1v) is 11.8. The SMILES string of the molecule is CC(C)C[C@H](CC(=O)NO)C(=O)N[C@H](C(=O)N[C@@H](CO)C(=O)N[C@@H](CCCCN)C(N)=O)C(C)C. The summed E-state index contributed by atoms with van der Waals surface area (Å²) in [6.45, 7) is 6.75. The third-order valence-corrected chi connectivity index (χ3v) is 5.35. The molecule has 0 aliphatic carbocycles. The van der Waals surface area contributed by atoms with E-state index in [-0.39, 0.29) is 18.8 Å². The quantitative estimate of drug-likeness (QED) is 0.0645. The summed E-state index contributed by atoms with van der Waals surface area (Å²) in [7, 11) is 0. The van der Waals surface area contributed by atoms with Crippen molar-refractivity contribution in [1.82, 2.24) is 21.4 Å². The van der Waals surface area contributed by atoms with Gasteiger partial charge in [0.2, 0.25) is 29.5 Å². The van der Waals surface area contributed by atoms with Crippen LogP contribution in [0.1, 0.15) is 59.8 Å². The maximum atomic E-state index is 12.9. The van der Waals surface area contributed by atoms with E-state index in [2.05, 4.69) is 16.0 Å². The third kappa shape index (κ3) is 12.5. The van der Waals surface area contributed by atoms with E-state index in [0.717, 1.165) is 0 Å². The van der Waals surface area contributed by atoms with Crippen molar-refractivity contribution in [2.45, 2.75) is 77.9 Å². The number of unbranched alkanes of at least 4 members (excludes halogenated alkanes) is 1. The Kier molecular flexibility index (Phi) is 15.5. The monoisotopic (exact) mass is 502 g/mol. The molecule has 0 saturated carbocycles. The average Bonchev–Trinajstić information content (AvgIpc) is 2.78. The second-order valence-corrected chi connectivity index (χ2v) is 9.29. The lowest BCUT2D eigenvalue weighted by atomic mass is 9.92. The van der Waals surface area contributed by atoms with E-state index >= 15 is 0 Å². The molecule has 0 spiro atoms. The number of aliphatic hydroxyl groups is 1. The lowest BCUT2D eigenvalue weighted by Gasteiger charge is -2.27. The number of nitrogens with two attached hydrogens (primary N) is 2. The first kappa shape index (κ1) is 32.2. The minimum Gasteiger partial charge on any atom is -0.394 e. The highest BCUT2D eigenvalue weighted by Gasteiger charge is 2.32. The van der Waals surface area contributed by atoms with Gasteiger partial charge in [0.1, 0.15) is 18.1 Å². The summed E-state index contributed by atoms with van der Waals surface area (Å²) in [5.41, 5.74) is 12.3. The molecular formula is C22H42N6O7. The maximum Gasteiger partial charge on any atom is 0.245 e. The number of amides is 5. The van der Waals surface area contributed by atoms with Crippen LogP contribution in [-0.2, 0) is 24.0 Å². The van der Waals surface area contributed by atoms with Crippen LogP contribution in [0.2, 0.25) is 0 Å². The lowest BCUT2D eigenvalue weighted by Crippen LogP contribution is -2.59. The van der Waals surface area contributed by atoms with Crippen LogP contribution in [-0.4, -0.2) is 71.1 Å². The van der Waals surface area contributed by atoms with Crippen LogP contribution in [0.25, 0.3) is 0 Å². The fourth-order valence-electron chi connectivity index (χ4n) is 3.43. The van der Waals surface area contributed by atoms with Gasteiger partial charge in [-0.3, -0.25) is 29.2 Å². The van der Waals surface area contributed by atoms with Gasteiger partial charge in [0, 0.05) is 12.3 Å². The highest BCUT2D eigenvalue weighted by Crippen LogP contribution is 2.17. The Morgan fingerprint density at radius 1 is 0.857 bits per heavy atom. The molecule has 0 heterocycles. The van der Waals surface area contributed by atoms with Crippen LogP contribution in [0.3, 0.4) is 0 Å². The molecule has 0 aliphatic rings. The molecule has 0 saturated heterocycles. The predicted octanol–water partition coefficient (Wildman–Crippen LogP) is -1.74. The third-order valence-electron chi connectivity index (χ3n) is 5.35. The molecule has 0 rings (SSSR count). The second kappa shape index (κ2) is 16.8. The summed E-state index contributed by atoms with van der Waals surface area (Å²) < 4.78 is 0. The maximum absolute atomic E-state index is 12.9. The van der Waals surface area contributed by atoms with Crippen molar-refractivity contribution in [2.24, 2.45) is 29.2 Å². The first-order chi connectivity index (χ1) is 16.4. The Morgan fingerprint density at radius 3 is 1.91 bits per heavy atom. The van der Waals surface area contributed by atoms with Gasteiger partial charge in [0.25, 0.3) is 0 Å².